The molecular weight excluding hydrogens is 272 g/mol. The van der Waals surface area contributed by atoms with Gasteiger partial charge in [-0.2, -0.15) is 0 Å². The van der Waals surface area contributed by atoms with Gasteiger partial charge in [-0.15, -0.1) is 0 Å². The number of benzene rings is 2. The first-order valence-electron chi connectivity index (χ1n) is 7.63. The van der Waals surface area contributed by atoms with Crippen LogP contribution in [0.25, 0.3) is 22.0 Å². The third-order valence-corrected chi connectivity index (χ3v) is 3.82. The second kappa shape index (κ2) is 6.14. The van der Waals surface area contributed by atoms with E-state index in [1.54, 1.807) is 7.11 Å². The lowest BCUT2D eigenvalue weighted by molar-refractivity contribution is 0.416. The Labute approximate surface area is 131 Å². The summed E-state index contributed by atoms with van der Waals surface area (Å²) in [6, 6.07) is 14.4. The Kier molecular flexibility index (Phi) is 4.05. The first-order valence-corrected chi connectivity index (χ1v) is 7.63. The van der Waals surface area contributed by atoms with Crippen molar-refractivity contribution in [2.24, 2.45) is 0 Å². The Morgan fingerprint density at radius 1 is 1.05 bits per heavy atom. The van der Waals surface area contributed by atoms with Crippen molar-refractivity contribution in [1.82, 2.24) is 9.97 Å². The molecule has 0 spiro atoms. The number of rotatable bonds is 4. The van der Waals surface area contributed by atoms with Gasteiger partial charge in [-0.05, 0) is 37.1 Å². The first-order chi connectivity index (χ1) is 10.7. The van der Waals surface area contributed by atoms with E-state index >= 15 is 0 Å². The Bertz CT molecular complexity index is 812. The Hall–Kier alpha value is -2.42. The lowest BCUT2D eigenvalue weighted by atomic mass is 10.0. The number of hydrogen-bond acceptors (Lipinski definition) is 3. The number of ether oxygens (including phenoxy) is 1. The van der Waals surface area contributed by atoms with E-state index in [9.17, 15) is 0 Å². The standard InChI is InChI=1S/C19H20N2O/c1-4-7-19-20-13(2)16-12-14(10-11-17(16)21-19)15-8-5-6-9-18(15)22-3/h5-6,8-12H,4,7H2,1-3H3. The highest BCUT2D eigenvalue weighted by molar-refractivity contribution is 5.87. The van der Waals surface area contributed by atoms with Crippen LogP contribution in [-0.2, 0) is 6.42 Å². The Morgan fingerprint density at radius 2 is 1.86 bits per heavy atom. The lowest BCUT2D eigenvalue weighted by Crippen LogP contribution is -1.98. The second-order valence-electron chi connectivity index (χ2n) is 5.41. The van der Waals surface area contributed by atoms with Crippen LogP contribution in [0, 0.1) is 6.92 Å². The minimum atomic E-state index is 0.878. The van der Waals surface area contributed by atoms with Crippen LogP contribution in [0.1, 0.15) is 24.9 Å². The predicted octanol–water partition coefficient (Wildman–Crippen LogP) is 4.57. The van der Waals surface area contributed by atoms with Crippen LogP contribution in [0.2, 0.25) is 0 Å². The summed E-state index contributed by atoms with van der Waals surface area (Å²) in [7, 11) is 1.70. The molecule has 0 atom stereocenters. The molecule has 22 heavy (non-hydrogen) atoms. The predicted molar refractivity (Wildman–Crippen MR) is 90.3 cm³/mol. The molecule has 0 saturated carbocycles. The summed E-state index contributed by atoms with van der Waals surface area (Å²) in [4.78, 5) is 9.29. The quantitative estimate of drug-likeness (QED) is 0.706. The maximum Gasteiger partial charge on any atom is 0.129 e. The molecule has 0 aliphatic rings. The monoisotopic (exact) mass is 292 g/mol. The molecule has 0 N–H and O–H groups in total. The number of aromatic nitrogens is 2. The SMILES string of the molecule is CCCc1nc(C)c2cc(-c3ccccc3OC)ccc2n1. The molecule has 0 amide bonds. The molecule has 3 aromatic rings. The highest BCUT2D eigenvalue weighted by Gasteiger charge is 2.09. The summed E-state index contributed by atoms with van der Waals surface area (Å²) in [6.07, 6.45) is 1.98. The number of nitrogens with zero attached hydrogens (tertiary/aromatic N) is 2. The van der Waals surface area contributed by atoms with Crippen molar-refractivity contribution in [1.29, 1.82) is 0 Å². The molecule has 3 heteroatoms. The van der Waals surface area contributed by atoms with E-state index in [2.05, 4.69) is 48.1 Å². The van der Waals surface area contributed by atoms with E-state index < -0.39 is 0 Å². The summed E-state index contributed by atoms with van der Waals surface area (Å²) < 4.78 is 5.46. The van der Waals surface area contributed by atoms with Gasteiger partial charge in [0, 0.05) is 23.1 Å². The third kappa shape index (κ3) is 2.67. The molecule has 1 aromatic heterocycles. The van der Waals surface area contributed by atoms with Gasteiger partial charge >= 0.3 is 0 Å². The van der Waals surface area contributed by atoms with E-state index in [-0.39, 0.29) is 0 Å². The van der Waals surface area contributed by atoms with Crippen LogP contribution < -0.4 is 4.74 Å². The first kappa shape index (κ1) is 14.5. The smallest absolute Gasteiger partial charge is 0.129 e. The second-order valence-corrected chi connectivity index (χ2v) is 5.41. The summed E-state index contributed by atoms with van der Waals surface area (Å²) in [5.74, 6) is 1.81. The Balaban J connectivity index is 2.14. The number of methoxy groups -OCH3 is 1. The van der Waals surface area contributed by atoms with Crippen molar-refractivity contribution < 1.29 is 4.74 Å². The van der Waals surface area contributed by atoms with E-state index in [1.165, 1.54) is 0 Å². The molecule has 1 heterocycles. The number of hydrogen-bond donors (Lipinski definition) is 0. The summed E-state index contributed by atoms with van der Waals surface area (Å²) >= 11 is 0. The summed E-state index contributed by atoms with van der Waals surface area (Å²) in [5, 5.41) is 1.10. The van der Waals surface area contributed by atoms with E-state index in [4.69, 9.17) is 4.74 Å². The fourth-order valence-electron chi connectivity index (χ4n) is 2.73. The molecule has 0 bridgehead atoms. The van der Waals surface area contributed by atoms with Crippen LogP contribution in [0.5, 0.6) is 5.75 Å². The summed E-state index contributed by atoms with van der Waals surface area (Å²) in [6.45, 7) is 4.20. The van der Waals surface area contributed by atoms with Crippen molar-refractivity contribution in [3.63, 3.8) is 0 Å². The topological polar surface area (TPSA) is 35.0 Å². The van der Waals surface area contributed by atoms with Crippen molar-refractivity contribution in [3.05, 3.63) is 54.0 Å². The van der Waals surface area contributed by atoms with Crippen molar-refractivity contribution in [2.75, 3.05) is 7.11 Å². The highest BCUT2D eigenvalue weighted by atomic mass is 16.5. The minimum absolute atomic E-state index is 0.878. The van der Waals surface area contributed by atoms with Gasteiger partial charge in [-0.1, -0.05) is 31.2 Å². The molecule has 0 aliphatic carbocycles. The average Bonchev–Trinajstić information content (AvgIpc) is 2.55. The van der Waals surface area contributed by atoms with Gasteiger partial charge in [0.25, 0.3) is 0 Å². The van der Waals surface area contributed by atoms with Crippen LogP contribution in [0.4, 0.5) is 0 Å². The largest absolute Gasteiger partial charge is 0.496 e. The van der Waals surface area contributed by atoms with Crippen molar-refractivity contribution in [3.8, 4) is 16.9 Å². The molecule has 3 rings (SSSR count). The van der Waals surface area contributed by atoms with Gasteiger partial charge in [0.05, 0.1) is 12.6 Å². The van der Waals surface area contributed by atoms with Crippen molar-refractivity contribution >= 4 is 10.9 Å². The molecule has 0 saturated heterocycles. The van der Waals surface area contributed by atoms with Gasteiger partial charge in [0.15, 0.2) is 0 Å². The van der Waals surface area contributed by atoms with Gasteiger partial charge in [-0.3, -0.25) is 0 Å². The normalized spacial score (nSPS) is 10.9. The molecular formula is C19H20N2O. The van der Waals surface area contributed by atoms with Crippen LogP contribution >= 0.6 is 0 Å². The zero-order valence-corrected chi connectivity index (χ0v) is 13.3. The number of para-hydroxylation sites is 1. The molecule has 0 aliphatic heterocycles. The molecule has 0 radical (unpaired) electrons. The van der Waals surface area contributed by atoms with E-state index in [0.717, 1.165) is 52.1 Å². The maximum atomic E-state index is 5.46. The molecule has 2 aromatic carbocycles. The minimum Gasteiger partial charge on any atom is -0.496 e. The number of fused-ring (bicyclic) bond motifs is 1. The maximum absolute atomic E-state index is 5.46. The number of aryl methyl sites for hydroxylation is 2. The molecule has 0 fully saturated rings. The van der Waals surface area contributed by atoms with Crippen LogP contribution in [-0.4, -0.2) is 17.1 Å². The highest BCUT2D eigenvalue weighted by Crippen LogP contribution is 2.31. The fourth-order valence-corrected chi connectivity index (χ4v) is 2.73. The Morgan fingerprint density at radius 3 is 2.64 bits per heavy atom. The van der Waals surface area contributed by atoms with E-state index in [0.29, 0.717) is 0 Å². The molecule has 112 valence electrons. The van der Waals surface area contributed by atoms with E-state index in [1.807, 2.05) is 18.2 Å². The molecule has 3 nitrogen and oxygen atoms in total. The zero-order chi connectivity index (χ0) is 15.5. The zero-order valence-electron chi connectivity index (χ0n) is 13.3. The van der Waals surface area contributed by atoms with Gasteiger partial charge < -0.3 is 4.74 Å². The summed E-state index contributed by atoms with van der Waals surface area (Å²) in [5.41, 5.74) is 4.25. The van der Waals surface area contributed by atoms with Gasteiger partial charge in [0.2, 0.25) is 0 Å². The van der Waals surface area contributed by atoms with Crippen molar-refractivity contribution in [2.45, 2.75) is 26.7 Å². The lowest BCUT2D eigenvalue weighted by Gasteiger charge is -2.10. The average molecular weight is 292 g/mol. The third-order valence-electron chi connectivity index (χ3n) is 3.82. The molecule has 0 unspecified atom stereocenters. The van der Waals surface area contributed by atoms with Gasteiger partial charge in [-0.25, -0.2) is 9.97 Å². The van der Waals surface area contributed by atoms with Gasteiger partial charge in [0.1, 0.15) is 11.6 Å². The van der Waals surface area contributed by atoms with Crippen LogP contribution in [0.15, 0.2) is 42.5 Å². The fraction of sp³-hybridized carbons (Fsp3) is 0.263. The van der Waals surface area contributed by atoms with Crippen LogP contribution in [0.3, 0.4) is 0 Å².